The second-order valence-electron chi connectivity index (χ2n) is 9.41. The van der Waals surface area contributed by atoms with Crippen LogP contribution in [0.4, 0.5) is 5.95 Å². The molecule has 0 unspecified atom stereocenters. The van der Waals surface area contributed by atoms with E-state index in [4.69, 9.17) is 4.98 Å². The molecule has 3 heterocycles. The molecule has 9 nitrogen and oxygen atoms in total. The molecule has 0 bridgehead atoms. The topological polar surface area (TPSA) is 100 Å². The fraction of sp³-hybridized carbons (Fsp3) is 0.609. The van der Waals surface area contributed by atoms with Gasteiger partial charge in [-0.3, -0.25) is 9.36 Å². The first-order valence-corrected chi connectivity index (χ1v) is 13.2. The van der Waals surface area contributed by atoms with Crippen LogP contribution in [-0.2, 0) is 10.0 Å². The number of aryl methyl sites for hydroxylation is 1. The summed E-state index contributed by atoms with van der Waals surface area (Å²) in [6.45, 7) is 3.33. The Morgan fingerprint density at radius 1 is 1.18 bits per heavy atom. The molecule has 0 radical (unpaired) electrons. The third kappa shape index (κ3) is 5.44. The summed E-state index contributed by atoms with van der Waals surface area (Å²) < 4.78 is 28.5. The van der Waals surface area contributed by atoms with Crippen molar-refractivity contribution in [2.75, 3.05) is 39.0 Å². The predicted octanol–water partition coefficient (Wildman–Crippen LogP) is 2.50. The first-order valence-electron chi connectivity index (χ1n) is 11.7. The largest absolute Gasteiger partial charge is 0.351 e. The second kappa shape index (κ2) is 9.90. The Hall–Kier alpha value is -2.30. The summed E-state index contributed by atoms with van der Waals surface area (Å²) in [5.41, 5.74) is 1.42. The van der Waals surface area contributed by atoms with Crippen molar-refractivity contribution in [3.63, 3.8) is 0 Å². The van der Waals surface area contributed by atoms with E-state index in [1.54, 1.807) is 12.3 Å². The molecular formula is C23H34N6O3S. The van der Waals surface area contributed by atoms with Gasteiger partial charge in [0.15, 0.2) is 0 Å². The van der Waals surface area contributed by atoms with Gasteiger partial charge < -0.3 is 10.2 Å². The molecule has 1 N–H and O–H groups in total. The maximum atomic E-state index is 12.9. The third-order valence-corrected chi connectivity index (χ3v) is 8.15. The van der Waals surface area contributed by atoms with Gasteiger partial charge in [0.05, 0.1) is 0 Å². The Balaban J connectivity index is 1.47. The number of fused-ring (bicyclic) bond motifs is 1. The van der Waals surface area contributed by atoms with Crippen LogP contribution in [-0.4, -0.2) is 71.9 Å². The normalized spacial score (nSPS) is 19.3. The molecule has 1 aliphatic carbocycles. The minimum atomic E-state index is -3.40. The maximum Gasteiger partial charge on any atom is 0.255 e. The monoisotopic (exact) mass is 474 g/mol. The van der Waals surface area contributed by atoms with E-state index in [0.29, 0.717) is 49.6 Å². The highest BCUT2D eigenvalue weighted by Crippen LogP contribution is 2.30. The van der Waals surface area contributed by atoms with E-state index in [-0.39, 0.29) is 17.6 Å². The maximum absolute atomic E-state index is 12.9. The highest BCUT2D eigenvalue weighted by molar-refractivity contribution is 7.92. The standard InChI is InChI=1S/C23H34N6O3S/c1-17-15-18-16-24-23(26-21(18)29(22(17)30)20-7-4-5-8-20)25-19-9-12-28(13-10-19)33(31,32)14-6-11-27(2)3/h6,14-16,19-20H,4-5,7-13H2,1-3H3,(H,24,25,26)/b14-6+. The summed E-state index contributed by atoms with van der Waals surface area (Å²) in [5, 5.41) is 5.54. The Kier molecular flexibility index (Phi) is 7.16. The summed E-state index contributed by atoms with van der Waals surface area (Å²) in [5.74, 6) is 0.490. The highest BCUT2D eigenvalue weighted by Gasteiger charge is 2.27. The Bertz CT molecular complexity index is 1180. The number of rotatable bonds is 7. The fourth-order valence-corrected chi connectivity index (χ4v) is 5.95. The highest BCUT2D eigenvalue weighted by atomic mass is 32.2. The van der Waals surface area contributed by atoms with Crippen LogP contribution in [0.15, 0.2) is 28.5 Å². The molecule has 180 valence electrons. The lowest BCUT2D eigenvalue weighted by Gasteiger charge is -2.30. The molecule has 0 spiro atoms. The number of nitrogens with one attached hydrogen (secondary N) is 1. The molecule has 1 saturated heterocycles. The lowest BCUT2D eigenvalue weighted by atomic mass is 10.1. The molecule has 2 fully saturated rings. The molecule has 4 rings (SSSR count). The zero-order valence-electron chi connectivity index (χ0n) is 19.7. The van der Waals surface area contributed by atoms with Crippen LogP contribution < -0.4 is 10.9 Å². The first kappa shape index (κ1) is 23.8. The number of anilines is 1. The summed E-state index contributed by atoms with van der Waals surface area (Å²) >= 11 is 0. The van der Waals surface area contributed by atoms with Crippen LogP contribution in [0.1, 0.15) is 50.1 Å². The quantitative estimate of drug-likeness (QED) is 0.658. The van der Waals surface area contributed by atoms with Gasteiger partial charge in [-0.1, -0.05) is 18.9 Å². The number of piperidine rings is 1. The van der Waals surface area contributed by atoms with Gasteiger partial charge in [0.25, 0.3) is 5.56 Å². The van der Waals surface area contributed by atoms with E-state index >= 15 is 0 Å². The molecule has 10 heteroatoms. The van der Waals surface area contributed by atoms with E-state index in [1.165, 1.54) is 9.71 Å². The van der Waals surface area contributed by atoms with Gasteiger partial charge in [0, 0.05) is 54.3 Å². The molecule has 33 heavy (non-hydrogen) atoms. The fourth-order valence-electron chi connectivity index (χ4n) is 4.73. The Labute approximate surface area is 195 Å². The predicted molar refractivity (Wildman–Crippen MR) is 131 cm³/mol. The van der Waals surface area contributed by atoms with Gasteiger partial charge in [-0.15, -0.1) is 0 Å². The van der Waals surface area contributed by atoms with E-state index in [9.17, 15) is 13.2 Å². The van der Waals surface area contributed by atoms with Crippen LogP contribution in [0, 0.1) is 6.92 Å². The van der Waals surface area contributed by atoms with Crippen LogP contribution in [0.25, 0.3) is 11.0 Å². The van der Waals surface area contributed by atoms with Crippen molar-refractivity contribution >= 4 is 27.0 Å². The zero-order chi connectivity index (χ0) is 23.6. The zero-order valence-corrected chi connectivity index (χ0v) is 20.5. The molecule has 2 aromatic rings. The van der Waals surface area contributed by atoms with Crippen LogP contribution in [0.5, 0.6) is 0 Å². The summed E-state index contributed by atoms with van der Waals surface area (Å²) in [7, 11) is 0.401. The average Bonchev–Trinajstić information content (AvgIpc) is 3.29. The van der Waals surface area contributed by atoms with Crippen molar-refractivity contribution in [3.8, 4) is 0 Å². The van der Waals surface area contributed by atoms with Crippen molar-refractivity contribution < 1.29 is 8.42 Å². The Morgan fingerprint density at radius 3 is 2.55 bits per heavy atom. The number of aromatic nitrogens is 3. The average molecular weight is 475 g/mol. The minimum Gasteiger partial charge on any atom is -0.351 e. The van der Waals surface area contributed by atoms with Crippen molar-refractivity contribution in [1.29, 1.82) is 0 Å². The van der Waals surface area contributed by atoms with E-state index in [1.807, 2.05) is 36.6 Å². The van der Waals surface area contributed by atoms with Crippen molar-refractivity contribution in [3.05, 3.63) is 39.7 Å². The van der Waals surface area contributed by atoms with Gasteiger partial charge in [-0.2, -0.15) is 9.29 Å². The molecule has 0 atom stereocenters. The molecule has 1 aliphatic heterocycles. The Morgan fingerprint density at radius 2 is 1.88 bits per heavy atom. The number of hydrogen-bond acceptors (Lipinski definition) is 7. The van der Waals surface area contributed by atoms with Crippen LogP contribution in [0.2, 0.25) is 0 Å². The van der Waals surface area contributed by atoms with E-state index in [2.05, 4.69) is 10.3 Å². The molecule has 2 aromatic heterocycles. The summed E-state index contributed by atoms with van der Waals surface area (Å²) in [6.07, 6.45) is 9.06. The number of hydrogen-bond donors (Lipinski definition) is 1. The van der Waals surface area contributed by atoms with Crippen molar-refractivity contribution in [2.24, 2.45) is 0 Å². The number of likely N-dealkylation sites (N-methyl/N-ethyl adjacent to an activating group) is 1. The molecule has 0 amide bonds. The number of nitrogens with zero attached hydrogens (tertiary/aromatic N) is 5. The molecule has 0 aromatic carbocycles. The smallest absolute Gasteiger partial charge is 0.255 e. The molecular weight excluding hydrogens is 440 g/mol. The van der Waals surface area contributed by atoms with Crippen molar-refractivity contribution in [1.82, 2.24) is 23.7 Å². The summed E-state index contributed by atoms with van der Waals surface area (Å²) in [6, 6.07) is 2.13. The van der Waals surface area contributed by atoms with Crippen LogP contribution >= 0.6 is 0 Å². The van der Waals surface area contributed by atoms with Crippen LogP contribution in [0.3, 0.4) is 0 Å². The third-order valence-electron chi connectivity index (χ3n) is 6.53. The van der Waals surface area contributed by atoms with Gasteiger partial charge in [0.1, 0.15) is 5.65 Å². The van der Waals surface area contributed by atoms with Gasteiger partial charge >= 0.3 is 0 Å². The van der Waals surface area contributed by atoms with E-state index < -0.39 is 10.0 Å². The molecule has 1 saturated carbocycles. The summed E-state index contributed by atoms with van der Waals surface area (Å²) in [4.78, 5) is 24.1. The van der Waals surface area contributed by atoms with Gasteiger partial charge in [-0.05, 0) is 52.8 Å². The van der Waals surface area contributed by atoms with Gasteiger partial charge in [0.2, 0.25) is 16.0 Å². The first-order chi connectivity index (χ1) is 15.7. The molecule has 2 aliphatic rings. The lowest BCUT2D eigenvalue weighted by molar-refractivity contribution is 0.332. The van der Waals surface area contributed by atoms with Crippen molar-refractivity contribution in [2.45, 2.75) is 57.5 Å². The number of pyridine rings is 1. The SMILES string of the molecule is Cc1cc2cnc(NC3CCN(S(=O)(=O)/C=C/CN(C)C)CC3)nc2n(C2CCCC2)c1=O. The second-order valence-corrected chi connectivity index (χ2v) is 11.2. The van der Waals surface area contributed by atoms with Gasteiger partial charge in [-0.25, -0.2) is 13.4 Å². The minimum absolute atomic E-state index is 0.0277. The van der Waals surface area contributed by atoms with E-state index in [0.717, 1.165) is 31.1 Å². The number of sulfonamides is 1. The lowest BCUT2D eigenvalue weighted by Crippen LogP contribution is -2.41.